The normalized spacial score (nSPS) is 23.7. The average Bonchev–Trinajstić information content (AvgIpc) is 3.03. The van der Waals surface area contributed by atoms with Crippen LogP contribution in [0.15, 0.2) is 24.3 Å². The minimum atomic E-state index is 0. The molecule has 2 N–H and O–H groups in total. The lowest BCUT2D eigenvalue weighted by atomic mass is 9.94. The maximum Gasteiger partial charge on any atom is 0.226 e. The first-order chi connectivity index (χ1) is 11.2. The van der Waals surface area contributed by atoms with Crippen molar-refractivity contribution >= 4 is 42.3 Å². The lowest BCUT2D eigenvalue weighted by Gasteiger charge is -2.36. The lowest BCUT2D eigenvalue weighted by molar-refractivity contribution is -0.138. The van der Waals surface area contributed by atoms with E-state index >= 15 is 0 Å². The summed E-state index contributed by atoms with van der Waals surface area (Å²) < 4.78 is 0. The van der Waals surface area contributed by atoms with Crippen LogP contribution in [-0.2, 0) is 11.3 Å². The molecule has 0 spiro atoms. The van der Waals surface area contributed by atoms with Crippen LogP contribution in [-0.4, -0.2) is 48.4 Å². The number of benzene rings is 1. The van der Waals surface area contributed by atoms with Crippen molar-refractivity contribution in [2.24, 2.45) is 17.6 Å². The van der Waals surface area contributed by atoms with Crippen LogP contribution in [0.5, 0.6) is 0 Å². The standard InChI is InChI=1S/C18H26ClN3O.2ClH/c19-16-5-1-3-14(11-16)13-21-7-9-22(10-8-21)18(23)17-6-2-4-15(17)12-20;;/h1,3,5,11,15,17H,2,4,6-10,12-13,20H2;2*1H/t15-,17-;;/m1../s1. The highest BCUT2D eigenvalue weighted by Crippen LogP contribution is 2.32. The largest absolute Gasteiger partial charge is 0.340 e. The van der Waals surface area contributed by atoms with Gasteiger partial charge in [0.15, 0.2) is 0 Å². The second-order valence-corrected chi connectivity index (χ2v) is 7.20. The highest BCUT2D eigenvalue weighted by molar-refractivity contribution is 6.30. The quantitative estimate of drug-likeness (QED) is 0.832. The fourth-order valence-corrected chi connectivity index (χ4v) is 4.11. The maximum atomic E-state index is 12.7. The molecule has 0 unspecified atom stereocenters. The Kier molecular flexibility index (Phi) is 9.54. The van der Waals surface area contributed by atoms with Gasteiger partial charge in [0.05, 0.1) is 0 Å². The number of piperazine rings is 1. The van der Waals surface area contributed by atoms with Gasteiger partial charge >= 0.3 is 0 Å². The van der Waals surface area contributed by atoms with Crippen LogP contribution in [0.25, 0.3) is 0 Å². The monoisotopic (exact) mass is 407 g/mol. The van der Waals surface area contributed by atoms with Crippen molar-refractivity contribution in [3.8, 4) is 0 Å². The van der Waals surface area contributed by atoms with E-state index in [9.17, 15) is 4.79 Å². The second-order valence-electron chi connectivity index (χ2n) is 6.76. The Balaban J connectivity index is 0.00000156. The van der Waals surface area contributed by atoms with E-state index in [0.29, 0.717) is 18.4 Å². The predicted octanol–water partition coefficient (Wildman–Crippen LogP) is 3.20. The van der Waals surface area contributed by atoms with Crippen molar-refractivity contribution < 1.29 is 4.79 Å². The Morgan fingerprint density at radius 3 is 2.52 bits per heavy atom. The predicted molar refractivity (Wildman–Crippen MR) is 108 cm³/mol. The van der Waals surface area contributed by atoms with Gasteiger partial charge in [-0.25, -0.2) is 0 Å². The van der Waals surface area contributed by atoms with Gasteiger partial charge < -0.3 is 10.6 Å². The number of nitrogens with two attached hydrogens (primary N) is 1. The van der Waals surface area contributed by atoms with Crippen LogP contribution >= 0.6 is 36.4 Å². The number of rotatable bonds is 4. The van der Waals surface area contributed by atoms with Crippen molar-refractivity contribution in [1.82, 2.24) is 9.80 Å². The smallest absolute Gasteiger partial charge is 0.226 e. The SMILES string of the molecule is Cl.Cl.NC[C@H]1CCC[C@H]1C(=O)N1CCN(Cc2cccc(Cl)c2)CC1. The first-order valence-corrected chi connectivity index (χ1v) is 9.01. The van der Waals surface area contributed by atoms with Crippen LogP contribution in [0.2, 0.25) is 5.02 Å². The van der Waals surface area contributed by atoms with Crippen molar-refractivity contribution in [1.29, 1.82) is 0 Å². The van der Waals surface area contributed by atoms with E-state index in [4.69, 9.17) is 17.3 Å². The van der Waals surface area contributed by atoms with Crippen LogP contribution in [0.3, 0.4) is 0 Å². The molecule has 0 radical (unpaired) electrons. The fraction of sp³-hybridized carbons (Fsp3) is 0.611. The highest BCUT2D eigenvalue weighted by Gasteiger charge is 2.35. The van der Waals surface area contributed by atoms with Crippen LogP contribution < -0.4 is 5.73 Å². The molecular formula is C18H28Cl3N3O. The lowest BCUT2D eigenvalue weighted by Crippen LogP contribution is -2.50. The Morgan fingerprint density at radius 2 is 1.88 bits per heavy atom. The molecule has 0 aromatic heterocycles. The molecule has 1 aliphatic carbocycles. The van der Waals surface area contributed by atoms with Gasteiger partial charge in [0.2, 0.25) is 5.91 Å². The summed E-state index contributed by atoms with van der Waals surface area (Å²) in [5.41, 5.74) is 7.05. The van der Waals surface area contributed by atoms with Gasteiger partial charge in [-0.2, -0.15) is 0 Å². The van der Waals surface area contributed by atoms with Gasteiger partial charge in [-0.3, -0.25) is 9.69 Å². The molecule has 142 valence electrons. The van der Waals surface area contributed by atoms with E-state index < -0.39 is 0 Å². The van der Waals surface area contributed by atoms with Crippen LogP contribution in [0, 0.1) is 11.8 Å². The summed E-state index contributed by atoms with van der Waals surface area (Å²) in [5, 5.41) is 0.783. The number of halogens is 3. The highest BCUT2D eigenvalue weighted by atomic mass is 35.5. The van der Waals surface area contributed by atoms with Crippen molar-refractivity contribution in [3.05, 3.63) is 34.9 Å². The van der Waals surface area contributed by atoms with Crippen molar-refractivity contribution in [2.45, 2.75) is 25.8 Å². The summed E-state index contributed by atoms with van der Waals surface area (Å²) in [6.45, 7) is 5.06. The molecule has 4 nitrogen and oxygen atoms in total. The molecule has 2 aliphatic rings. The number of hydrogen-bond donors (Lipinski definition) is 1. The Bertz CT molecular complexity index is 550. The van der Waals surface area contributed by atoms with E-state index in [0.717, 1.165) is 57.0 Å². The number of nitrogens with zero attached hydrogens (tertiary/aromatic N) is 2. The fourth-order valence-electron chi connectivity index (χ4n) is 3.90. The van der Waals surface area contributed by atoms with Gasteiger partial charge in [0.1, 0.15) is 0 Å². The summed E-state index contributed by atoms with van der Waals surface area (Å²) in [6, 6.07) is 8.01. The minimum Gasteiger partial charge on any atom is -0.340 e. The number of amides is 1. The summed E-state index contributed by atoms with van der Waals surface area (Å²) in [4.78, 5) is 17.2. The van der Waals surface area contributed by atoms with Gasteiger partial charge in [-0.1, -0.05) is 30.2 Å². The van der Waals surface area contributed by atoms with E-state index in [1.165, 1.54) is 5.56 Å². The Hall–Kier alpha value is -0.520. The molecule has 2 atom stereocenters. The molecule has 1 saturated heterocycles. The number of hydrogen-bond acceptors (Lipinski definition) is 3. The molecule has 1 saturated carbocycles. The second kappa shape index (κ2) is 10.6. The van der Waals surface area contributed by atoms with Crippen LogP contribution in [0.4, 0.5) is 0 Å². The van der Waals surface area contributed by atoms with E-state index in [1.807, 2.05) is 23.1 Å². The minimum absolute atomic E-state index is 0. The first kappa shape index (κ1) is 22.5. The number of carbonyl (C=O) groups is 1. The third kappa shape index (κ3) is 5.73. The molecule has 3 rings (SSSR count). The molecule has 7 heteroatoms. The van der Waals surface area contributed by atoms with Gasteiger partial charge in [-0.05, 0) is 43.0 Å². The average molecular weight is 409 g/mol. The van der Waals surface area contributed by atoms with Crippen molar-refractivity contribution in [2.75, 3.05) is 32.7 Å². The van der Waals surface area contributed by atoms with Crippen LogP contribution in [0.1, 0.15) is 24.8 Å². The molecule has 2 fully saturated rings. The number of carbonyl (C=O) groups excluding carboxylic acids is 1. The summed E-state index contributed by atoms with van der Waals surface area (Å²) in [7, 11) is 0. The molecule has 1 aliphatic heterocycles. The third-order valence-corrected chi connectivity index (χ3v) is 5.49. The summed E-state index contributed by atoms with van der Waals surface area (Å²) >= 11 is 6.05. The maximum absolute atomic E-state index is 12.7. The zero-order valence-corrected chi connectivity index (χ0v) is 16.8. The molecule has 25 heavy (non-hydrogen) atoms. The Morgan fingerprint density at radius 1 is 1.16 bits per heavy atom. The topological polar surface area (TPSA) is 49.6 Å². The Labute approximate surface area is 167 Å². The third-order valence-electron chi connectivity index (χ3n) is 5.26. The molecule has 1 heterocycles. The molecule has 1 amide bonds. The van der Waals surface area contributed by atoms with Gasteiger partial charge in [-0.15, -0.1) is 24.8 Å². The first-order valence-electron chi connectivity index (χ1n) is 8.63. The van der Waals surface area contributed by atoms with E-state index in [1.54, 1.807) is 0 Å². The molecular weight excluding hydrogens is 381 g/mol. The van der Waals surface area contributed by atoms with Gasteiger partial charge in [0, 0.05) is 43.7 Å². The van der Waals surface area contributed by atoms with Gasteiger partial charge in [0.25, 0.3) is 0 Å². The molecule has 0 bridgehead atoms. The van der Waals surface area contributed by atoms with E-state index in [2.05, 4.69) is 11.0 Å². The summed E-state index contributed by atoms with van der Waals surface area (Å²) in [5.74, 6) is 0.895. The zero-order valence-electron chi connectivity index (χ0n) is 14.4. The zero-order chi connectivity index (χ0) is 16.2. The van der Waals surface area contributed by atoms with E-state index in [-0.39, 0.29) is 30.7 Å². The summed E-state index contributed by atoms with van der Waals surface area (Å²) in [6.07, 6.45) is 3.28. The molecule has 1 aromatic carbocycles. The van der Waals surface area contributed by atoms with Crippen molar-refractivity contribution in [3.63, 3.8) is 0 Å². The molecule has 1 aromatic rings.